The Kier molecular flexibility index (Phi) is 3.18. The highest BCUT2D eigenvalue weighted by Gasteiger charge is 2.18. The first-order chi connectivity index (χ1) is 9.66. The van der Waals surface area contributed by atoms with E-state index in [2.05, 4.69) is 23.6 Å². The monoisotopic (exact) mass is 266 g/mol. The summed E-state index contributed by atoms with van der Waals surface area (Å²) in [7, 11) is 0. The molecule has 2 aromatic rings. The lowest BCUT2D eigenvalue weighted by Crippen LogP contribution is -2.14. The van der Waals surface area contributed by atoms with Gasteiger partial charge in [-0.05, 0) is 55.2 Å². The van der Waals surface area contributed by atoms with Crippen molar-refractivity contribution >= 4 is 17.3 Å². The van der Waals surface area contributed by atoms with Crippen molar-refractivity contribution in [2.75, 3.05) is 17.2 Å². The number of nitrogens with one attached hydrogen (secondary N) is 2. The Hall–Kier alpha value is -2.29. The molecule has 0 spiro atoms. The van der Waals surface area contributed by atoms with Crippen molar-refractivity contribution < 1.29 is 4.79 Å². The summed E-state index contributed by atoms with van der Waals surface area (Å²) in [6, 6.07) is 11.8. The van der Waals surface area contributed by atoms with Crippen molar-refractivity contribution in [2.45, 2.75) is 20.3 Å². The van der Waals surface area contributed by atoms with Gasteiger partial charge in [-0.2, -0.15) is 0 Å². The Bertz CT molecular complexity index is 677. The van der Waals surface area contributed by atoms with E-state index >= 15 is 0 Å². The molecule has 0 fully saturated rings. The fourth-order valence-corrected chi connectivity index (χ4v) is 2.63. The third-order valence-electron chi connectivity index (χ3n) is 3.96. The van der Waals surface area contributed by atoms with Gasteiger partial charge in [0.15, 0.2) is 0 Å². The molecule has 2 aromatic carbocycles. The van der Waals surface area contributed by atoms with E-state index in [1.165, 1.54) is 5.56 Å². The predicted molar refractivity (Wildman–Crippen MR) is 82.5 cm³/mol. The molecule has 0 saturated carbocycles. The second-order valence-corrected chi connectivity index (χ2v) is 5.21. The van der Waals surface area contributed by atoms with E-state index in [0.717, 1.165) is 41.0 Å². The molecule has 0 atom stereocenters. The van der Waals surface area contributed by atoms with E-state index in [1.54, 1.807) is 0 Å². The van der Waals surface area contributed by atoms with E-state index in [4.69, 9.17) is 0 Å². The van der Waals surface area contributed by atoms with Gasteiger partial charge in [0.1, 0.15) is 0 Å². The molecule has 102 valence electrons. The van der Waals surface area contributed by atoms with Crippen molar-refractivity contribution in [3.63, 3.8) is 0 Å². The SMILES string of the molecule is Cc1cccc(NC(=O)c2cccc3c2CCN3)c1C. The quantitative estimate of drug-likeness (QED) is 0.873. The van der Waals surface area contributed by atoms with E-state index in [9.17, 15) is 4.79 Å². The number of amides is 1. The van der Waals surface area contributed by atoms with Gasteiger partial charge in [0.05, 0.1) is 0 Å². The molecule has 0 aliphatic carbocycles. The zero-order chi connectivity index (χ0) is 14.1. The number of rotatable bonds is 2. The topological polar surface area (TPSA) is 41.1 Å². The smallest absolute Gasteiger partial charge is 0.256 e. The molecule has 3 nitrogen and oxygen atoms in total. The van der Waals surface area contributed by atoms with E-state index in [1.807, 2.05) is 37.3 Å². The van der Waals surface area contributed by atoms with Crippen LogP contribution in [0.25, 0.3) is 0 Å². The molecule has 20 heavy (non-hydrogen) atoms. The van der Waals surface area contributed by atoms with Crippen LogP contribution in [0.1, 0.15) is 27.0 Å². The molecule has 1 heterocycles. The molecule has 1 aliphatic heterocycles. The largest absolute Gasteiger partial charge is 0.384 e. The van der Waals surface area contributed by atoms with Gasteiger partial charge in [-0.25, -0.2) is 0 Å². The van der Waals surface area contributed by atoms with Crippen molar-refractivity contribution in [1.29, 1.82) is 0 Å². The minimum absolute atomic E-state index is 0.0285. The average Bonchev–Trinajstić information content (AvgIpc) is 2.92. The Morgan fingerprint density at radius 3 is 2.80 bits per heavy atom. The lowest BCUT2D eigenvalue weighted by atomic mass is 10.0. The van der Waals surface area contributed by atoms with Crippen LogP contribution >= 0.6 is 0 Å². The summed E-state index contributed by atoms with van der Waals surface area (Å²) < 4.78 is 0. The number of anilines is 2. The summed E-state index contributed by atoms with van der Waals surface area (Å²) in [5.74, 6) is -0.0285. The van der Waals surface area contributed by atoms with E-state index < -0.39 is 0 Å². The van der Waals surface area contributed by atoms with Crippen LogP contribution in [0.2, 0.25) is 0 Å². The Morgan fingerprint density at radius 2 is 1.95 bits per heavy atom. The van der Waals surface area contributed by atoms with Gasteiger partial charge in [0, 0.05) is 23.5 Å². The molecule has 3 rings (SSSR count). The minimum atomic E-state index is -0.0285. The van der Waals surface area contributed by atoms with Crippen molar-refractivity contribution in [3.8, 4) is 0 Å². The van der Waals surface area contributed by atoms with Crippen LogP contribution in [-0.4, -0.2) is 12.5 Å². The molecule has 1 aliphatic rings. The van der Waals surface area contributed by atoms with Gasteiger partial charge >= 0.3 is 0 Å². The van der Waals surface area contributed by atoms with Crippen LogP contribution in [-0.2, 0) is 6.42 Å². The van der Waals surface area contributed by atoms with Crippen LogP contribution in [0.3, 0.4) is 0 Å². The summed E-state index contributed by atoms with van der Waals surface area (Å²) in [5, 5.41) is 6.33. The Morgan fingerprint density at radius 1 is 1.15 bits per heavy atom. The number of carbonyl (C=O) groups is 1. The molecule has 0 saturated heterocycles. The van der Waals surface area contributed by atoms with Gasteiger partial charge in [0.25, 0.3) is 5.91 Å². The average molecular weight is 266 g/mol. The van der Waals surface area contributed by atoms with Gasteiger partial charge in [0.2, 0.25) is 0 Å². The number of aryl methyl sites for hydroxylation is 1. The van der Waals surface area contributed by atoms with Crippen LogP contribution in [0.15, 0.2) is 36.4 Å². The van der Waals surface area contributed by atoms with E-state index in [-0.39, 0.29) is 5.91 Å². The molecule has 0 bridgehead atoms. The maximum absolute atomic E-state index is 12.5. The molecule has 2 N–H and O–H groups in total. The third-order valence-corrected chi connectivity index (χ3v) is 3.96. The van der Waals surface area contributed by atoms with Crippen LogP contribution < -0.4 is 10.6 Å². The number of carbonyl (C=O) groups excluding carboxylic acids is 1. The molecule has 0 radical (unpaired) electrons. The number of hydrogen-bond donors (Lipinski definition) is 2. The number of fused-ring (bicyclic) bond motifs is 1. The van der Waals surface area contributed by atoms with Crippen LogP contribution in [0.4, 0.5) is 11.4 Å². The molecule has 3 heteroatoms. The van der Waals surface area contributed by atoms with Gasteiger partial charge in [-0.15, -0.1) is 0 Å². The standard InChI is InChI=1S/C17H18N2O/c1-11-5-3-7-15(12(11)2)19-17(20)14-6-4-8-16-13(14)9-10-18-16/h3-8,18H,9-10H2,1-2H3,(H,19,20). The molecule has 1 amide bonds. The summed E-state index contributed by atoms with van der Waals surface area (Å²) in [5.41, 5.74) is 6.16. The lowest BCUT2D eigenvalue weighted by molar-refractivity contribution is 0.102. The Labute approximate surface area is 119 Å². The van der Waals surface area contributed by atoms with Gasteiger partial charge in [-0.3, -0.25) is 4.79 Å². The van der Waals surface area contributed by atoms with Gasteiger partial charge < -0.3 is 10.6 Å². The van der Waals surface area contributed by atoms with Crippen molar-refractivity contribution in [1.82, 2.24) is 0 Å². The highest BCUT2D eigenvalue weighted by atomic mass is 16.1. The molecular weight excluding hydrogens is 248 g/mol. The second-order valence-electron chi connectivity index (χ2n) is 5.21. The summed E-state index contributed by atoms with van der Waals surface area (Å²) in [6.07, 6.45) is 0.908. The third kappa shape index (κ3) is 2.16. The molecule has 0 unspecified atom stereocenters. The van der Waals surface area contributed by atoms with Crippen LogP contribution in [0, 0.1) is 13.8 Å². The van der Waals surface area contributed by atoms with Crippen molar-refractivity contribution in [2.24, 2.45) is 0 Å². The fraction of sp³-hybridized carbons (Fsp3) is 0.235. The number of benzene rings is 2. The van der Waals surface area contributed by atoms with E-state index in [0.29, 0.717) is 0 Å². The fourth-order valence-electron chi connectivity index (χ4n) is 2.63. The highest BCUT2D eigenvalue weighted by molar-refractivity contribution is 6.06. The predicted octanol–water partition coefficient (Wildman–Crippen LogP) is 3.52. The first kappa shape index (κ1) is 12.7. The maximum Gasteiger partial charge on any atom is 0.256 e. The first-order valence-electron chi connectivity index (χ1n) is 6.90. The first-order valence-corrected chi connectivity index (χ1v) is 6.90. The van der Waals surface area contributed by atoms with Crippen molar-refractivity contribution in [3.05, 3.63) is 58.7 Å². The summed E-state index contributed by atoms with van der Waals surface area (Å²) in [6.45, 7) is 4.99. The lowest BCUT2D eigenvalue weighted by Gasteiger charge is -2.12. The summed E-state index contributed by atoms with van der Waals surface area (Å²) >= 11 is 0. The highest BCUT2D eigenvalue weighted by Crippen LogP contribution is 2.26. The number of hydrogen-bond acceptors (Lipinski definition) is 2. The van der Waals surface area contributed by atoms with Gasteiger partial charge in [-0.1, -0.05) is 18.2 Å². The molecule has 0 aromatic heterocycles. The second kappa shape index (κ2) is 5.00. The molecular formula is C17H18N2O. The summed E-state index contributed by atoms with van der Waals surface area (Å²) in [4.78, 5) is 12.5. The van der Waals surface area contributed by atoms with Crippen LogP contribution in [0.5, 0.6) is 0 Å². The minimum Gasteiger partial charge on any atom is -0.384 e. The normalized spacial score (nSPS) is 12.7. The zero-order valence-corrected chi connectivity index (χ0v) is 11.8. The zero-order valence-electron chi connectivity index (χ0n) is 11.8. The maximum atomic E-state index is 12.5. The Balaban J connectivity index is 1.91.